The Kier molecular flexibility index (Phi) is 5.23. The summed E-state index contributed by atoms with van der Waals surface area (Å²) < 4.78 is 0. The molecule has 0 saturated heterocycles. The smallest absolute Gasteiger partial charge is 0.258 e. The Morgan fingerprint density at radius 3 is 2.48 bits per heavy atom. The Bertz CT molecular complexity index is 823. The molecule has 140 valence electrons. The van der Waals surface area contributed by atoms with E-state index in [4.69, 9.17) is 0 Å². The second kappa shape index (κ2) is 7.95. The lowest BCUT2D eigenvalue weighted by atomic mass is 9.87. The first kappa shape index (κ1) is 17.8. The fourth-order valence-corrected chi connectivity index (χ4v) is 4.27. The molecule has 0 unspecified atom stereocenters. The predicted octanol–water partition coefficient (Wildman–Crippen LogP) is 4.80. The van der Waals surface area contributed by atoms with E-state index in [0.717, 1.165) is 37.2 Å². The number of fused-ring (bicyclic) bond motifs is 1. The molecule has 1 saturated carbocycles. The molecule has 2 aromatic carbocycles. The largest absolute Gasteiger partial charge is 0.326 e. The van der Waals surface area contributed by atoms with Crippen LogP contribution in [0.3, 0.4) is 0 Å². The number of amides is 2. The average molecular weight is 362 g/mol. The second-order valence-corrected chi connectivity index (χ2v) is 7.67. The number of nitrogens with zero attached hydrogens (tertiary/aromatic N) is 1. The number of rotatable bonds is 4. The highest BCUT2D eigenvalue weighted by molar-refractivity contribution is 6.07. The van der Waals surface area contributed by atoms with Crippen LogP contribution in [0.2, 0.25) is 0 Å². The second-order valence-electron chi connectivity index (χ2n) is 7.67. The summed E-state index contributed by atoms with van der Waals surface area (Å²) in [4.78, 5) is 26.9. The van der Waals surface area contributed by atoms with Crippen molar-refractivity contribution in [2.24, 2.45) is 5.92 Å². The third-order valence-corrected chi connectivity index (χ3v) is 5.75. The van der Waals surface area contributed by atoms with Crippen molar-refractivity contribution in [2.45, 2.75) is 44.9 Å². The van der Waals surface area contributed by atoms with Crippen LogP contribution in [-0.4, -0.2) is 18.4 Å². The molecular weight excluding hydrogens is 336 g/mol. The maximum Gasteiger partial charge on any atom is 0.258 e. The number of hydrogen-bond acceptors (Lipinski definition) is 2. The van der Waals surface area contributed by atoms with Crippen molar-refractivity contribution in [3.8, 4) is 0 Å². The number of carbonyl (C=O) groups is 2. The van der Waals surface area contributed by atoms with Gasteiger partial charge >= 0.3 is 0 Å². The molecule has 0 radical (unpaired) electrons. The van der Waals surface area contributed by atoms with Gasteiger partial charge in [0.15, 0.2) is 0 Å². The van der Waals surface area contributed by atoms with Crippen LogP contribution in [0, 0.1) is 5.92 Å². The molecule has 1 aliphatic heterocycles. The van der Waals surface area contributed by atoms with Gasteiger partial charge in [-0.25, -0.2) is 0 Å². The molecule has 1 aliphatic carbocycles. The van der Waals surface area contributed by atoms with Crippen LogP contribution >= 0.6 is 0 Å². The zero-order chi connectivity index (χ0) is 18.6. The lowest BCUT2D eigenvalue weighted by Gasteiger charge is -2.21. The summed E-state index contributed by atoms with van der Waals surface area (Å²) >= 11 is 0. The fourth-order valence-electron chi connectivity index (χ4n) is 4.27. The van der Waals surface area contributed by atoms with Gasteiger partial charge in [0.1, 0.15) is 0 Å². The fraction of sp³-hybridized carbons (Fsp3) is 0.391. The molecule has 2 aliphatic rings. The normalized spacial score (nSPS) is 16.8. The van der Waals surface area contributed by atoms with Crippen LogP contribution in [0.15, 0.2) is 48.5 Å². The van der Waals surface area contributed by atoms with Crippen LogP contribution in [0.25, 0.3) is 0 Å². The van der Waals surface area contributed by atoms with E-state index in [1.165, 1.54) is 24.8 Å². The zero-order valence-corrected chi connectivity index (χ0v) is 15.6. The Labute approximate surface area is 160 Å². The molecule has 4 nitrogen and oxygen atoms in total. The van der Waals surface area contributed by atoms with E-state index in [0.29, 0.717) is 17.9 Å². The summed E-state index contributed by atoms with van der Waals surface area (Å²) in [5.74, 6) is 0.615. The molecule has 0 bridgehead atoms. The highest BCUT2D eigenvalue weighted by atomic mass is 16.2. The monoisotopic (exact) mass is 362 g/mol. The zero-order valence-electron chi connectivity index (χ0n) is 15.6. The van der Waals surface area contributed by atoms with Crippen LogP contribution in [-0.2, 0) is 11.2 Å². The maximum absolute atomic E-state index is 12.8. The lowest BCUT2D eigenvalue weighted by molar-refractivity contribution is -0.117. The van der Waals surface area contributed by atoms with Gasteiger partial charge in [-0.05, 0) is 61.1 Å². The summed E-state index contributed by atoms with van der Waals surface area (Å²) in [6.07, 6.45) is 7.62. The lowest BCUT2D eigenvalue weighted by Crippen LogP contribution is -2.28. The van der Waals surface area contributed by atoms with E-state index >= 15 is 0 Å². The van der Waals surface area contributed by atoms with Gasteiger partial charge < -0.3 is 10.2 Å². The first-order valence-electron chi connectivity index (χ1n) is 10.0. The maximum atomic E-state index is 12.8. The molecular formula is C23H26N2O2. The van der Waals surface area contributed by atoms with E-state index in [-0.39, 0.29) is 11.8 Å². The highest BCUT2D eigenvalue weighted by Gasteiger charge is 2.25. The van der Waals surface area contributed by atoms with Crippen molar-refractivity contribution in [3.63, 3.8) is 0 Å². The molecule has 0 atom stereocenters. The van der Waals surface area contributed by atoms with Crippen molar-refractivity contribution in [3.05, 3.63) is 59.7 Å². The van der Waals surface area contributed by atoms with E-state index in [1.54, 1.807) is 12.1 Å². The predicted molar refractivity (Wildman–Crippen MR) is 108 cm³/mol. The number of para-hydroxylation sites is 1. The first-order valence-corrected chi connectivity index (χ1v) is 10.0. The van der Waals surface area contributed by atoms with Crippen LogP contribution in [0.5, 0.6) is 0 Å². The minimum atomic E-state index is 0.0139. The minimum Gasteiger partial charge on any atom is -0.326 e. The van der Waals surface area contributed by atoms with E-state index in [2.05, 4.69) is 11.4 Å². The summed E-state index contributed by atoms with van der Waals surface area (Å²) in [6, 6.07) is 15.3. The number of nitrogens with one attached hydrogen (secondary N) is 1. The molecule has 1 N–H and O–H groups in total. The number of hydrogen-bond donors (Lipinski definition) is 1. The van der Waals surface area contributed by atoms with Crippen LogP contribution in [0.1, 0.15) is 54.4 Å². The molecule has 1 heterocycles. The Hall–Kier alpha value is -2.62. The van der Waals surface area contributed by atoms with Crippen molar-refractivity contribution in [2.75, 3.05) is 16.8 Å². The molecule has 0 aromatic heterocycles. The third kappa shape index (κ3) is 4.05. The summed E-state index contributed by atoms with van der Waals surface area (Å²) in [7, 11) is 0. The standard InChI is InChI=1S/C23H26N2O2/c26-22(16-17-6-2-1-3-7-17)24-20-12-10-19(11-13-20)23(27)25-15-14-18-8-4-5-9-21(18)25/h4-5,8-13,17H,1-3,6-7,14-16H2,(H,24,26). The van der Waals surface area contributed by atoms with Gasteiger partial charge in [-0.1, -0.05) is 37.5 Å². The van der Waals surface area contributed by atoms with Crippen LogP contribution in [0.4, 0.5) is 11.4 Å². The number of benzene rings is 2. The first-order chi connectivity index (χ1) is 13.2. The average Bonchev–Trinajstić information content (AvgIpc) is 3.13. The van der Waals surface area contributed by atoms with Crippen molar-refractivity contribution in [1.29, 1.82) is 0 Å². The summed E-state index contributed by atoms with van der Waals surface area (Å²) in [5, 5.41) is 2.98. The van der Waals surface area contributed by atoms with Crippen molar-refractivity contribution < 1.29 is 9.59 Å². The van der Waals surface area contributed by atoms with Gasteiger partial charge in [0.05, 0.1) is 0 Å². The van der Waals surface area contributed by atoms with Crippen molar-refractivity contribution in [1.82, 2.24) is 0 Å². The van der Waals surface area contributed by atoms with Gasteiger partial charge in [-0.3, -0.25) is 9.59 Å². The van der Waals surface area contributed by atoms with Gasteiger partial charge in [0.2, 0.25) is 5.91 Å². The Balaban J connectivity index is 1.37. The van der Waals surface area contributed by atoms with Gasteiger partial charge in [-0.15, -0.1) is 0 Å². The van der Waals surface area contributed by atoms with Gasteiger partial charge in [0, 0.05) is 29.9 Å². The van der Waals surface area contributed by atoms with Crippen molar-refractivity contribution >= 4 is 23.2 Å². The highest BCUT2D eigenvalue weighted by Crippen LogP contribution is 2.29. The van der Waals surface area contributed by atoms with E-state index in [9.17, 15) is 9.59 Å². The molecule has 2 aromatic rings. The van der Waals surface area contributed by atoms with E-state index in [1.807, 2.05) is 35.2 Å². The minimum absolute atomic E-state index is 0.0139. The van der Waals surface area contributed by atoms with Crippen LogP contribution < -0.4 is 10.2 Å². The van der Waals surface area contributed by atoms with Gasteiger partial charge in [0.25, 0.3) is 5.91 Å². The Morgan fingerprint density at radius 2 is 1.70 bits per heavy atom. The molecule has 4 heteroatoms. The van der Waals surface area contributed by atoms with Gasteiger partial charge in [-0.2, -0.15) is 0 Å². The molecule has 0 spiro atoms. The number of anilines is 2. The quantitative estimate of drug-likeness (QED) is 0.849. The summed E-state index contributed by atoms with van der Waals surface area (Å²) in [5.41, 5.74) is 3.64. The topological polar surface area (TPSA) is 49.4 Å². The molecule has 1 fully saturated rings. The third-order valence-electron chi connectivity index (χ3n) is 5.75. The molecule has 27 heavy (non-hydrogen) atoms. The number of carbonyl (C=O) groups excluding carboxylic acids is 2. The SMILES string of the molecule is O=C(CC1CCCCC1)Nc1ccc(C(=O)N2CCc3ccccc32)cc1. The molecule has 4 rings (SSSR count). The summed E-state index contributed by atoms with van der Waals surface area (Å²) in [6.45, 7) is 0.720. The van der Waals surface area contributed by atoms with E-state index < -0.39 is 0 Å². The Morgan fingerprint density at radius 1 is 0.963 bits per heavy atom. The molecule has 2 amide bonds.